The highest BCUT2D eigenvalue weighted by molar-refractivity contribution is 7.80. The van der Waals surface area contributed by atoms with Gasteiger partial charge < -0.3 is 15.1 Å². The third-order valence-electron chi connectivity index (χ3n) is 4.19. The van der Waals surface area contributed by atoms with Crippen molar-refractivity contribution in [3.8, 4) is 0 Å². The first-order valence-corrected chi connectivity index (χ1v) is 9.58. The largest absolute Gasteiger partial charge is 0.361 e. The van der Waals surface area contributed by atoms with E-state index in [0.29, 0.717) is 0 Å². The number of likely N-dealkylation sites (N-methyl/N-ethyl adjacent to an activating group) is 1. The highest BCUT2D eigenvalue weighted by Gasteiger charge is 2.19. The molecule has 0 radical (unpaired) electrons. The van der Waals surface area contributed by atoms with Crippen LogP contribution in [0.1, 0.15) is 5.01 Å². The van der Waals surface area contributed by atoms with Crippen molar-refractivity contribution in [2.24, 2.45) is 0 Å². The van der Waals surface area contributed by atoms with Crippen LogP contribution in [0.5, 0.6) is 0 Å². The molecule has 5 nitrogen and oxygen atoms in total. The number of fused-ring (bicyclic) bond motifs is 1. The zero-order chi connectivity index (χ0) is 16.9. The molecule has 1 aliphatic heterocycles. The number of thiazole rings is 1. The summed E-state index contributed by atoms with van der Waals surface area (Å²) in [5, 5.41) is 5.44. The zero-order valence-electron chi connectivity index (χ0n) is 14.4. The molecule has 0 amide bonds. The Morgan fingerprint density at radius 2 is 2.00 bits per heavy atom. The van der Waals surface area contributed by atoms with Crippen molar-refractivity contribution < 1.29 is 0 Å². The monoisotopic (exact) mass is 363 g/mol. The molecule has 0 unspecified atom stereocenters. The lowest BCUT2D eigenvalue weighted by Crippen LogP contribution is -2.51. The molecule has 0 spiro atoms. The van der Waals surface area contributed by atoms with Crippen LogP contribution in [0.25, 0.3) is 10.2 Å². The molecule has 0 bridgehead atoms. The number of rotatable bonds is 5. The van der Waals surface area contributed by atoms with Gasteiger partial charge in [-0.3, -0.25) is 4.90 Å². The molecule has 3 rings (SSSR count). The topological polar surface area (TPSA) is 34.6 Å². The Hall–Kier alpha value is -1.28. The van der Waals surface area contributed by atoms with Crippen molar-refractivity contribution in [1.82, 2.24) is 25.0 Å². The van der Waals surface area contributed by atoms with Gasteiger partial charge in [0, 0.05) is 39.3 Å². The second-order valence-corrected chi connectivity index (χ2v) is 7.88. The van der Waals surface area contributed by atoms with Crippen LogP contribution in [-0.2, 0) is 6.54 Å². The summed E-state index contributed by atoms with van der Waals surface area (Å²) in [7, 11) is 4.15. The lowest BCUT2D eigenvalue weighted by molar-refractivity contribution is 0.174. The van der Waals surface area contributed by atoms with Crippen molar-refractivity contribution in [3.63, 3.8) is 0 Å². The highest BCUT2D eigenvalue weighted by atomic mass is 32.1. The Labute approximate surface area is 153 Å². The average molecular weight is 364 g/mol. The van der Waals surface area contributed by atoms with E-state index in [1.54, 1.807) is 11.3 Å². The number of para-hydroxylation sites is 1. The van der Waals surface area contributed by atoms with Crippen molar-refractivity contribution in [3.05, 3.63) is 29.3 Å². The molecule has 1 saturated heterocycles. The smallest absolute Gasteiger partial charge is 0.169 e. The minimum Gasteiger partial charge on any atom is -0.361 e. The molecule has 130 valence electrons. The predicted octanol–water partition coefficient (Wildman–Crippen LogP) is 1.85. The molecule has 24 heavy (non-hydrogen) atoms. The van der Waals surface area contributed by atoms with Crippen LogP contribution in [0.2, 0.25) is 0 Å². The van der Waals surface area contributed by atoms with Crippen LogP contribution in [-0.4, -0.2) is 78.2 Å². The maximum absolute atomic E-state index is 5.51. The Balaban J connectivity index is 1.45. The third-order valence-corrected chi connectivity index (χ3v) is 5.62. The second kappa shape index (κ2) is 8.20. The quantitative estimate of drug-likeness (QED) is 0.817. The van der Waals surface area contributed by atoms with E-state index >= 15 is 0 Å². The van der Waals surface area contributed by atoms with E-state index in [9.17, 15) is 0 Å². The van der Waals surface area contributed by atoms with Gasteiger partial charge in [-0.25, -0.2) is 4.98 Å². The number of nitrogens with zero attached hydrogens (tertiary/aromatic N) is 4. The lowest BCUT2D eigenvalue weighted by Gasteiger charge is -2.35. The fourth-order valence-corrected chi connectivity index (χ4v) is 4.08. The summed E-state index contributed by atoms with van der Waals surface area (Å²) >= 11 is 7.31. The first-order valence-electron chi connectivity index (χ1n) is 8.36. The summed E-state index contributed by atoms with van der Waals surface area (Å²) in [6.45, 7) is 6.87. The minimum atomic E-state index is 0.886. The molecule has 1 aromatic carbocycles. The van der Waals surface area contributed by atoms with E-state index in [1.807, 2.05) is 0 Å². The molecule has 1 fully saturated rings. The molecule has 1 aliphatic rings. The number of nitrogens with one attached hydrogen (secondary N) is 1. The first-order chi connectivity index (χ1) is 11.6. The number of hydrogen-bond acceptors (Lipinski definition) is 5. The van der Waals surface area contributed by atoms with E-state index in [2.05, 4.69) is 58.4 Å². The third kappa shape index (κ3) is 4.63. The molecular weight excluding hydrogens is 338 g/mol. The van der Waals surface area contributed by atoms with Gasteiger partial charge >= 0.3 is 0 Å². The van der Waals surface area contributed by atoms with E-state index in [1.165, 1.54) is 9.71 Å². The van der Waals surface area contributed by atoms with Crippen molar-refractivity contribution in [2.45, 2.75) is 6.54 Å². The molecular formula is C17H25N5S2. The van der Waals surface area contributed by atoms with Crippen LogP contribution in [0.4, 0.5) is 0 Å². The number of thiocarbonyl (C=S) groups is 1. The lowest BCUT2D eigenvalue weighted by atomic mass is 10.3. The van der Waals surface area contributed by atoms with Gasteiger partial charge in [0.25, 0.3) is 0 Å². The number of piperazine rings is 1. The Morgan fingerprint density at radius 1 is 1.25 bits per heavy atom. The van der Waals surface area contributed by atoms with Crippen molar-refractivity contribution in [1.29, 1.82) is 0 Å². The van der Waals surface area contributed by atoms with Crippen LogP contribution in [0.3, 0.4) is 0 Å². The van der Waals surface area contributed by atoms with Crippen LogP contribution < -0.4 is 5.32 Å². The van der Waals surface area contributed by atoms with Gasteiger partial charge in [0.2, 0.25) is 0 Å². The summed E-state index contributed by atoms with van der Waals surface area (Å²) < 4.78 is 1.28. The molecule has 0 saturated carbocycles. The van der Waals surface area contributed by atoms with E-state index in [-0.39, 0.29) is 0 Å². The summed E-state index contributed by atoms with van der Waals surface area (Å²) in [4.78, 5) is 11.6. The van der Waals surface area contributed by atoms with Gasteiger partial charge in [-0.2, -0.15) is 0 Å². The SMILES string of the molecule is CN(C)CCNC(=S)N1CCN(Cc2nc3ccccc3s2)CC1. The summed E-state index contributed by atoms with van der Waals surface area (Å²) in [6.07, 6.45) is 0. The Kier molecular flexibility index (Phi) is 5.99. The predicted molar refractivity (Wildman–Crippen MR) is 106 cm³/mol. The van der Waals surface area contributed by atoms with Crippen molar-refractivity contribution >= 4 is 38.9 Å². The molecule has 7 heteroatoms. The molecule has 2 aromatic rings. The Morgan fingerprint density at radius 3 is 2.71 bits per heavy atom. The Bertz CT molecular complexity index is 643. The normalized spacial score (nSPS) is 16.0. The molecule has 1 aromatic heterocycles. The van der Waals surface area contributed by atoms with Crippen LogP contribution >= 0.6 is 23.6 Å². The van der Waals surface area contributed by atoms with Gasteiger partial charge in [0.15, 0.2) is 5.11 Å². The molecule has 0 atom stereocenters. The van der Waals surface area contributed by atoms with Crippen LogP contribution in [0, 0.1) is 0 Å². The number of hydrogen-bond donors (Lipinski definition) is 1. The maximum Gasteiger partial charge on any atom is 0.169 e. The summed E-state index contributed by atoms with van der Waals surface area (Å²) in [5.74, 6) is 0. The van der Waals surface area contributed by atoms with Gasteiger partial charge in [0.05, 0.1) is 16.8 Å². The fraction of sp³-hybridized carbons (Fsp3) is 0.529. The zero-order valence-corrected chi connectivity index (χ0v) is 16.0. The van der Waals surface area contributed by atoms with Gasteiger partial charge in [-0.05, 0) is 38.4 Å². The van der Waals surface area contributed by atoms with Gasteiger partial charge in [-0.1, -0.05) is 12.1 Å². The first kappa shape index (κ1) is 17.5. The van der Waals surface area contributed by atoms with E-state index in [0.717, 1.165) is 56.4 Å². The summed E-state index contributed by atoms with van der Waals surface area (Å²) in [5.41, 5.74) is 1.11. The van der Waals surface area contributed by atoms with Crippen molar-refractivity contribution in [2.75, 3.05) is 53.4 Å². The number of aromatic nitrogens is 1. The average Bonchev–Trinajstić information content (AvgIpc) is 2.97. The standard InChI is InChI=1S/C17H25N5S2/c1-20(2)8-7-18-17(23)22-11-9-21(10-12-22)13-16-19-14-5-3-4-6-15(14)24-16/h3-6H,7-13H2,1-2H3,(H,18,23). The highest BCUT2D eigenvalue weighted by Crippen LogP contribution is 2.22. The van der Waals surface area contributed by atoms with Gasteiger partial charge in [0.1, 0.15) is 5.01 Å². The second-order valence-electron chi connectivity index (χ2n) is 6.37. The summed E-state index contributed by atoms with van der Waals surface area (Å²) in [6, 6.07) is 8.36. The molecule has 1 N–H and O–H groups in total. The molecule has 2 heterocycles. The van der Waals surface area contributed by atoms with E-state index in [4.69, 9.17) is 17.2 Å². The molecule has 0 aliphatic carbocycles. The van der Waals surface area contributed by atoms with E-state index < -0.39 is 0 Å². The maximum atomic E-state index is 5.51. The number of benzene rings is 1. The fourth-order valence-electron chi connectivity index (χ4n) is 2.79. The van der Waals surface area contributed by atoms with Crippen LogP contribution in [0.15, 0.2) is 24.3 Å². The minimum absolute atomic E-state index is 0.886. The van der Waals surface area contributed by atoms with Gasteiger partial charge in [-0.15, -0.1) is 11.3 Å².